The van der Waals surface area contributed by atoms with E-state index >= 15 is 0 Å². The smallest absolute Gasteiger partial charge is 0.253 e. The van der Waals surface area contributed by atoms with Gasteiger partial charge >= 0.3 is 0 Å². The van der Waals surface area contributed by atoms with Crippen LogP contribution in [0.1, 0.15) is 28.9 Å². The molecule has 0 aliphatic heterocycles. The molecule has 0 saturated carbocycles. The SMILES string of the molecule is CC(NC(=O)c1ccc(-c2ccncc2)nc1)c1ccc(Cl)cc1. The highest BCUT2D eigenvalue weighted by Gasteiger charge is 2.12. The first kappa shape index (κ1) is 16.1. The molecule has 5 heteroatoms. The normalized spacial score (nSPS) is 11.8. The zero-order valence-electron chi connectivity index (χ0n) is 13.1. The second-order valence-electron chi connectivity index (χ2n) is 5.41. The molecule has 2 aromatic heterocycles. The number of carbonyl (C=O) groups is 1. The van der Waals surface area contributed by atoms with Gasteiger partial charge in [0.1, 0.15) is 0 Å². The second-order valence-corrected chi connectivity index (χ2v) is 5.85. The number of aromatic nitrogens is 2. The highest BCUT2D eigenvalue weighted by molar-refractivity contribution is 6.30. The molecule has 0 bridgehead atoms. The standard InChI is InChI=1S/C19H16ClN3O/c1-13(14-2-5-17(20)6-3-14)23-19(24)16-4-7-18(22-12-16)15-8-10-21-11-9-15/h2-13H,1H3,(H,23,24). The van der Waals surface area contributed by atoms with Gasteiger partial charge in [-0.15, -0.1) is 0 Å². The Kier molecular flexibility index (Phi) is 4.87. The van der Waals surface area contributed by atoms with Gasteiger partial charge in [-0.2, -0.15) is 0 Å². The lowest BCUT2D eigenvalue weighted by molar-refractivity contribution is 0.0939. The van der Waals surface area contributed by atoms with E-state index in [1.165, 1.54) is 0 Å². The molecule has 120 valence electrons. The summed E-state index contributed by atoms with van der Waals surface area (Å²) in [7, 11) is 0. The minimum Gasteiger partial charge on any atom is -0.345 e. The lowest BCUT2D eigenvalue weighted by atomic mass is 10.1. The first-order valence-corrected chi connectivity index (χ1v) is 7.94. The van der Waals surface area contributed by atoms with E-state index in [1.54, 1.807) is 24.7 Å². The Morgan fingerprint density at radius 3 is 2.38 bits per heavy atom. The van der Waals surface area contributed by atoms with Gasteiger partial charge in [0.25, 0.3) is 5.91 Å². The number of nitrogens with zero attached hydrogens (tertiary/aromatic N) is 2. The molecule has 24 heavy (non-hydrogen) atoms. The van der Waals surface area contributed by atoms with Crippen molar-refractivity contribution in [1.29, 1.82) is 0 Å². The van der Waals surface area contributed by atoms with Crippen LogP contribution in [0, 0.1) is 0 Å². The summed E-state index contributed by atoms with van der Waals surface area (Å²) in [5, 5.41) is 3.63. The third kappa shape index (κ3) is 3.78. The maximum Gasteiger partial charge on any atom is 0.253 e. The molecule has 2 heterocycles. The Hall–Kier alpha value is -2.72. The summed E-state index contributed by atoms with van der Waals surface area (Å²) in [5.41, 5.74) is 3.29. The van der Waals surface area contributed by atoms with E-state index in [2.05, 4.69) is 15.3 Å². The predicted molar refractivity (Wildman–Crippen MR) is 94.8 cm³/mol. The molecule has 0 aliphatic rings. The average Bonchev–Trinajstić information content (AvgIpc) is 2.63. The van der Waals surface area contributed by atoms with E-state index in [9.17, 15) is 4.79 Å². The van der Waals surface area contributed by atoms with Gasteiger partial charge in [0.2, 0.25) is 0 Å². The number of halogens is 1. The summed E-state index contributed by atoms with van der Waals surface area (Å²) < 4.78 is 0. The predicted octanol–water partition coefficient (Wildman–Crippen LogP) is 4.29. The molecule has 0 spiro atoms. The fourth-order valence-corrected chi connectivity index (χ4v) is 2.46. The zero-order chi connectivity index (χ0) is 16.9. The molecule has 4 nitrogen and oxygen atoms in total. The first-order chi connectivity index (χ1) is 11.6. The van der Waals surface area contributed by atoms with Gasteiger partial charge in [0.05, 0.1) is 17.3 Å². The van der Waals surface area contributed by atoms with Crippen molar-refractivity contribution in [3.63, 3.8) is 0 Å². The Morgan fingerprint density at radius 1 is 1.04 bits per heavy atom. The van der Waals surface area contributed by atoms with Crippen molar-refractivity contribution in [2.45, 2.75) is 13.0 Å². The van der Waals surface area contributed by atoms with Crippen molar-refractivity contribution in [2.75, 3.05) is 0 Å². The van der Waals surface area contributed by atoms with Crippen molar-refractivity contribution in [3.8, 4) is 11.3 Å². The third-order valence-corrected chi connectivity index (χ3v) is 3.97. The number of amides is 1. The molecule has 3 aromatic rings. The Morgan fingerprint density at radius 2 is 1.75 bits per heavy atom. The molecular weight excluding hydrogens is 322 g/mol. The quantitative estimate of drug-likeness (QED) is 0.772. The maximum absolute atomic E-state index is 12.4. The molecule has 1 unspecified atom stereocenters. The first-order valence-electron chi connectivity index (χ1n) is 7.56. The molecule has 1 amide bonds. The molecule has 0 fully saturated rings. The Bertz CT molecular complexity index is 817. The zero-order valence-corrected chi connectivity index (χ0v) is 13.9. The molecule has 1 N–H and O–H groups in total. The fourth-order valence-electron chi connectivity index (χ4n) is 2.34. The van der Waals surface area contributed by atoms with Crippen molar-refractivity contribution >= 4 is 17.5 Å². The van der Waals surface area contributed by atoms with E-state index in [1.807, 2.05) is 49.4 Å². The molecule has 0 radical (unpaired) electrons. The van der Waals surface area contributed by atoms with Crippen LogP contribution in [0.2, 0.25) is 5.02 Å². The van der Waals surface area contributed by atoms with Crippen molar-refractivity contribution in [3.05, 3.63) is 83.3 Å². The minimum absolute atomic E-state index is 0.116. The number of nitrogens with one attached hydrogen (secondary N) is 1. The lowest BCUT2D eigenvalue weighted by Crippen LogP contribution is -2.26. The van der Waals surface area contributed by atoms with Crippen LogP contribution >= 0.6 is 11.6 Å². The fraction of sp³-hybridized carbons (Fsp3) is 0.105. The van der Waals surface area contributed by atoms with Gasteiger partial charge in [-0.05, 0) is 48.9 Å². The van der Waals surface area contributed by atoms with Crippen LogP contribution in [0.3, 0.4) is 0 Å². The monoisotopic (exact) mass is 337 g/mol. The van der Waals surface area contributed by atoms with E-state index in [-0.39, 0.29) is 11.9 Å². The summed E-state index contributed by atoms with van der Waals surface area (Å²) in [6, 6.07) is 14.7. The number of benzene rings is 1. The molecule has 1 aromatic carbocycles. The van der Waals surface area contributed by atoms with E-state index < -0.39 is 0 Å². The van der Waals surface area contributed by atoms with Crippen molar-refractivity contribution in [2.24, 2.45) is 0 Å². The van der Waals surface area contributed by atoms with Crippen LogP contribution in [0.4, 0.5) is 0 Å². The molecule has 0 aliphatic carbocycles. The van der Waals surface area contributed by atoms with E-state index in [0.717, 1.165) is 16.8 Å². The highest BCUT2D eigenvalue weighted by atomic mass is 35.5. The Balaban J connectivity index is 1.70. The highest BCUT2D eigenvalue weighted by Crippen LogP contribution is 2.18. The van der Waals surface area contributed by atoms with Crippen molar-refractivity contribution in [1.82, 2.24) is 15.3 Å². The lowest BCUT2D eigenvalue weighted by Gasteiger charge is -2.14. The number of carbonyl (C=O) groups excluding carboxylic acids is 1. The number of pyridine rings is 2. The number of hydrogen-bond acceptors (Lipinski definition) is 3. The topological polar surface area (TPSA) is 54.9 Å². The van der Waals surface area contributed by atoms with Crippen molar-refractivity contribution < 1.29 is 4.79 Å². The summed E-state index contributed by atoms with van der Waals surface area (Å²) >= 11 is 5.88. The molecular formula is C19H16ClN3O. The Labute approximate surface area is 145 Å². The van der Waals surface area contributed by atoms with Crippen LogP contribution in [-0.2, 0) is 0 Å². The van der Waals surface area contributed by atoms with Gasteiger partial charge in [-0.25, -0.2) is 0 Å². The second kappa shape index (κ2) is 7.23. The molecule has 1 atom stereocenters. The van der Waals surface area contributed by atoms with Crippen LogP contribution in [0.25, 0.3) is 11.3 Å². The largest absolute Gasteiger partial charge is 0.345 e. The summed E-state index contributed by atoms with van der Waals surface area (Å²) in [6.07, 6.45) is 5.01. The van der Waals surface area contributed by atoms with Gasteiger partial charge < -0.3 is 5.32 Å². The molecule has 3 rings (SSSR count). The van der Waals surface area contributed by atoms with Gasteiger partial charge in [-0.3, -0.25) is 14.8 Å². The van der Waals surface area contributed by atoms with E-state index in [4.69, 9.17) is 11.6 Å². The van der Waals surface area contributed by atoms with Crippen LogP contribution in [0.15, 0.2) is 67.1 Å². The van der Waals surface area contributed by atoms with Crippen LogP contribution in [-0.4, -0.2) is 15.9 Å². The number of hydrogen-bond donors (Lipinski definition) is 1. The van der Waals surface area contributed by atoms with Gasteiger partial charge in [0, 0.05) is 29.2 Å². The third-order valence-electron chi connectivity index (χ3n) is 3.72. The average molecular weight is 338 g/mol. The summed E-state index contributed by atoms with van der Waals surface area (Å²) in [4.78, 5) is 20.7. The van der Waals surface area contributed by atoms with Gasteiger partial charge in [0.15, 0.2) is 0 Å². The maximum atomic E-state index is 12.4. The van der Waals surface area contributed by atoms with Gasteiger partial charge in [-0.1, -0.05) is 23.7 Å². The van der Waals surface area contributed by atoms with E-state index in [0.29, 0.717) is 10.6 Å². The number of rotatable bonds is 4. The molecule has 0 saturated heterocycles. The van der Waals surface area contributed by atoms with Crippen LogP contribution < -0.4 is 5.32 Å². The minimum atomic E-state index is -0.161. The van der Waals surface area contributed by atoms with Crippen LogP contribution in [0.5, 0.6) is 0 Å². The summed E-state index contributed by atoms with van der Waals surface area (Å²) in [5.74, 6) is -0.161. The summed E-state index contributed by atoms with van der Waals surface area (Å²) in [6.45, 7) is 1.93.